The van der Waals surface area contributed by atoms with Gasteiger partial charge in [0.15, 0.2) is 0 Å². The first-order valence-corrected chi connectivity index (χ1v) is 10.3. The van der Waals surface area contributed by atoms with Crippen molar-refractivity contribution in [2.45, 2.75) is 4.90 Å². The number of nitrogens with one attached hydrogen (secondary N) is 1. The van der Waals surface area contributed by atoms with Gasteiger partial charge in [0.2, 0.25) is 10.0 Å². The number of anilines is 1. The number of benzene rings is 2. The Bertz CT molecular complexity index is 946. The summed E-state index contributed by atoms with van der Waals surface area (Å²) in [4.78, 5) is 14.1. The molecule has 2 aromatic rings. The maximum Gasteiger partial charge on any atom is 0.270 e. The number of piperazine rings is 1. The average molecular weight is 408 g/mol. The van der Waals surface area contributed by atoms with E-state index in [0.717, 1.165) is 6.07 Å². The van der Waals surface area contributed by atoms with Crippen molar-refractivity contribution in [2.75, 3.05) is 44.2 Å². The summed E-state index contributed by atoms with van der Waals surface area (Å²) in [6.07, 6.45) is 0. The van der Waals surface area contributed by atoms with Crippen molar-refractivity contribution < 1.29 is 17.7 Å². The van der Waals surface area contributed by atoms with Crippen LogP contribution in [0.4, 0.5) is 15.8 Å². The number of hydrogen-bond acceptors (Lipinski definition) is 6. The SMILES string of the molecule is O=[N+]([O-])c1cccc(S(=O)(=O)NCCN2CCN(c3ccccc3F)CC2)c1. The van der Waals surface area contributed by atoms with E-state index in [1.165, 1.54) is 24.3 Å². The molecule has 0 radical (unpaired) electrons. The molecule has 8 nitrogen and oxygen atoms in total. The minimum atomic E-state index is -3.82. The van der Waals surface area contributed by atoms with Gasteiger partial charge in [0.25, 0.3) is 5.69 Å². The third-order valence-corrected chi connectivity index (χ3v) is 6.08. The summed E-state index contributed by atoms with van der Waals surface area (Å²) in [5.74, 6) is -0.249. The highest BCUT2D eigenvalue weighted by Gasteiger charge is 2.21. The third-order valence-electron chi connectivity index (χ3n) is 4.62. The fraction of sp³-hybridized carbons (Fsp3) is 0.333. The Kier molecular flexibility index (Phi) is 6.22. The Morgan fingerprint density at radius 3 is 2.46 bits per heavy atom. The van der Waals surface area contributed by atoms with Gasteiger partial charge >= 0.3 is 0 Å². The summed E-state index contributed by atoms with van der Waals surface area (Å²) < 4.78 is 41.0. The summed E-state index contributed by atoms with van der Waals surface area (Å²) in [6, 6.07) is 11.6. The van der Waals surface area contributed by atoms with Crippen molar-refractivity contribution in [1.29, 1.82) is 0 Å². The Balaban J connectivity index is 1.50. The molecule has 150 valence electrons. The van der Waals surface area contributed by atoms with Gasteiger partial charge in [-0.25, -0.2) is 17.5 Å². The second-order valence-electron chi connectivity index (χ2n) is 6.43. The maximum absolute atomic E-state index is 13.9. The number of hydrogen-bond donors (Lipinski definition) is 1. The molecule has 0 unspecified atom stereocenters. The van der Waals surface area contributed by atoms with Crippen LogP contribution in [0, 0.1) is 15.9 Å². The van der Waals surface area contributed by atoms with Crippen LogP contribution in [0.3, 0.4) is 0 Å². The van der Waals surface area contributed by atoms with E-state index in [2.05, 4.69) is 9.62 Å². The van der Waals surface area contributed by atoms with Crippen LogP contribution >= 0.6 is 0 Å². The number of rotatable bonds is 7. The van der Waals surface area contributed by atoms with E-state index in [1.807, 2.05) is 4.90 Å². The van der Waals surface area contributed by atoms with Crippen molar-refractivity contribution >= 4 is 21.4 Å². The fourth-order valence-electron chi connectivity index (χ4n) is 3.11. The summed E-state index contributed by atoms with van der Waals surface area (Å²) in [7, 11) is -3.82. The van der Waals surface area contributed by atoms with Gasteiger partial charge in [-0.15, -0.1) is 0 Å². The molecule has 0 bridgehead atoms. The van der Waals surface area contributed by atoms with Gasteiger partial charge in [-0.05, 0) is 18.2 Å². The van der Waals surface area contributed by atoms with Crippen LogP contribution in [0.5, 0.6) is 0 Å². The van der Waals surface area contributed by atoms with Crippen LogP contribution in [-0.2, 0) is 10.0 Å². The third kappa shape index (κ3) is 4.83. The molecule has 2 aromatic carbocycles. The standard InChI is InChI=1S/C18H21FN4O4S/c19-17-6-1-2-7-18(17)22-12-10-21(11-13-22)9-8-20-28(26,27)16-5-3-4-15(14-16)23(24)25/h1-7,14,20H,8-13H2. The lowest BCUT2D eigenvalue weighted by Gasteiger charge is -2.36. The van der Waals surface area contributed by atoms with Gasteiger partial charge in [-0.3, -0.25) is 15.0 Å². The second-order valence-corrected chi connectivity index (χ2v) is 8.20. The monoisotopic (exact) mass is 408 g/mol. The van der Waals surface area contributed by atoms with Gasteiger partial charge in [-0.2, -0.15) is 0 Å². The number of para-hydroxylation sites is 1. The Hall–Kier alpha value is -2.56. The van der Waals surface area contributed by atoms with Crippen molar-refractivity contribution in [3.8, 4) is 0 Å². The molecular weight excluding hydrogens is 387 g/mol. The van der Waals surface area contributed by atoms with Crippen LogP contribution < -0.4 is 9.62 Å². The molecule has 0 saturated carbocycles. The lowest BCUT2D eigenvalue weighted by atomic mass is 10.2. The highest BCUT2D eigenvalue weighted by molar-refractivity contribution is 7.89. The van der Waals surface area contributed by atoms with Crippen molar-refractivity contribution in [1.82, 2.24) is 9.62 Å². The number of non-ortho nitro benzene ring substituents is 1. The van der Waals surface area contributed by atoms with E-state index in [9.17, 15) is 22.9 Å². The smallest absolute Gasteiger partial charge is 0.270 e. The molecule has 1 aliphatic heterocycles. The molecule has 10 heteroatoms. The molecular formula is C18H21FN4O4S. The van der Waals surface area contributed by atoms with E-state index in [4.69, 9.17) is 0 Å². The lowest BCUT2D eigenvalue weighted by molar-refractivity contribution is -0.385. The van der Waals surface area contributed by atoms with E-state index < -0.39 is 14.9 Å². The van der Waals surface area contributed by atoms with Crippen LogP contribution in [0.2, 0.25) is 0 Å². The molecule has 3 rings (SSSR count). The highest BCUT2D eigenvalue weighted by Crippen LogP contribution is 2.20. The van der Waals surface area contributed by atoms with Crippen LogP contribution in [0.15, 0.2) is 53.4 Å². The lowest BCUT2D eigenvalue weighted by Crippen LogP contribution is -2.48. The molecule has 0 aliphatic carbocycles. The number of nitrogens with zero attached hydrogens (tertiary/aromatic N) is 3. The largest absolute Gasteiger partial charge is 0.367 e. The Labute approximate surface area is 162 Å². The minimum absolute atomic E-state index is 0.133. The summed E-state index contributed by atoms with van der Waals surface area (Å²) >= 11 is 0. The van der Waals surface area contributed by atoms with Gasteiger partial charge in [0, 0.05) is 51.4 Å². The van der Waals surface area contributed by atoms with Gasteiger partial charge in [-0.1, -0.05) is 18.2 Å². The van der Waals surface area contributed by atoms with E-state index in [0.29, 0.717) is 38.4 Å². The minimum Gasteiger partial charge on any atom is -0.367 e. The molecule has 0 amide bonds. The molecule has 0 spiro atoms. The molecule has 1 N–H and O–H groups in total. The first-order valence-electron chi connectivity index (χ1n) is 8.83. The zero-order chi connectivity index (χ0) is 20.1. The first-order chi connectivity index (χ1) is 13.4. The quantitative estimate of drug-likeness (QED) is 0.555. The van der Waals surface area contributed by atoms with Gasteiger partial charge in [0.05, 0.1) is 15.5 Å². The van der Waals surface area contributed by atoms with Crippen LogP contribution in [0.25, 0.3) is 0 Å². The van der Waals surface area contributed by atoms with Crippen molar-refractivity contribution in [2.24, 2.45) is 0 Å². The fourth-order valence-corrected chi connectivity index (χ4v) is 4.17. The zero-order valence-corrected chi connectivity index (χ0v) is 15.9. The zero-order valence-electron chi connectivity index (χ0n) is 15.1. The number of nitro benzene ring substituents is 1. The number of halogens is 1. The van der Waals surface area contributed by atoms with Crippen LogP contribution in [-0.4, -0.2) is 57.5 Å². The molecule has 0 aromatic heterocycles. The van der Waals surface area contributed by atoms with Crippen LogP contribution in [0.1, 0.15) is 0 Å². The topological polar surface area (TPSA) is 95.8 Å². The molecule has 28 heavy (non-hydrogen) atoms. The van der Waals surface area contributed by atoms with Crippen molar-refractivity contribution in [3.63, 3.8) is 0 Å². The Morgan fingerprint density at radius 2 is 1.79 bits per heavy atom. The molecule has 1 heterocycles. The molecule has 1 saturated heterocycles. The predicted molar refractivity (Wildman–Crippen MR) is 103 cm³/mol. The first kappa shape index (κ1) is 20.2. The maximum atomic E-state index is 13.9. The molecule has 0 atom stereocenters. The highest BCUT2D eigenvalue weighted by atomic mass is 32.2. The molecule has 1 fully saturated rings. The average Bonchev–Trinajstić information content (AvgIpc) is 2.69. The Morgan fingerprint density at radius 1 is 1.07 bits per heavy atom. The summed E-state index contributed by atoms with van der Waals surface area (Å²) in [6.45, 7) is 3.36. The molecule has 1 aliphatic rings. The van der Waals surface area contributed by atoms with E-state index in [-0.39, 0.29) is 22.9 Å². The van der Waals surface area contributed by atoms with E-state index >= 15 is 0 Å². The normalized spacial score (nSPS) is 15.5. The van der Waals surface area contributed by atoms with Gasteiger partial charge in [0.1, 0.15) is 5.82 Å². The second kappa shape index (κ2) is 8.63. The summed E-state index contributed by atoms with van der Waals surface area (Å²) in [5.41, 5.74) is 0.306. The number of nitro groups is 1. The number of sulfonamides is 1. The van der Waals surface area contributed by atoms with E-state index in [1.54, 1.807) is 18.2 Å². The predicted octanol–water partition coefficient (Wildman–Crippen LogP) is 1.83. The van der Waals surface area contributed by atoms with Gasteiger partial charge < -0.3 is 4.90 Å². The van der Waals surface area contributed by atoms with Crippen molar-refractivity contribution in [3.05, 3.63) is 64.5 Å². The summed E-state index contributed by atoms with van der Waals surface area (Å²) in [5, 5.41) is 10.8.